The summed E-state index contributed by atoms with van der Waals surface area (Å²) in [7, 11) is 0. The normalized spacial score (nSPS) is 15.4. The predicted octanol–water partition coefficient (Wildman–Crippen LogP) is 0.218. The van der Waals surface area contributed by atoms with Crippen LogP contribution in [-0.4, -0.2) is 21.9 Å². The molecule has 55 valence electrons. The van der Waals surface area contributed by atoms with Gasteiger partial charge in [-0.1, -0.05) is 0 Å². The molecule has 0 atom stereocenters. The predicted molar refractivity (Wildman–Crippen MR) is 37.8 cm³/mol. The highest BCUT2D eigenvalue weighted by molar-refractivity contribution is 6.11. The van der Waals surface area contributed by atoms with Gasteiger partial charge >= 0.3 is 0 Å². The highest BCUT2D eigenvalue weighted by Crippen LogP contribution is 2.18. The Morgan fingerprint density at radius 1 is 1.55 bits per heavy atom. The van der Waals surface area contributed by atoms with Crippen molar-refractivity contribution in [2.75, 3.05) is 0 Å². The average Bonchev–Trinajstić information content (AvgIpc) is 2.34. The Morgan fingerprint density at radius 3 is 3.18 bits per heavy atom. The number of fused-ring (bicyclic) bond motifs is 1. The Labute approximate surface area is 62.5 Å². The van der Waals surface area contributed by atoms with Crippen LogP contribution in [0.4, 0.5) is 5.82 Å². The van der Waals surface area contributed by atoms with Crippen molar-refractivity contribution < 1.29 is 4.79 Å². The number of hydrogen-bond donors (Lipinski definition) is 1. The number of nitrogens with zero attached hydrogens (tertiary/aromatic N) is 3. The van der Waals surface area contributed by atoms with Gasteiger partial charge in [-0.15, -0.1) is 0 Å². The van der Waals surface area contributed by atoms with E-state index in [1.165, 1.54) is 6.20 Å². The lowest BCUT2D eigenvalue weighted by Crippen LogP contribution is -2.23. The van der Waals surface area contributed by atoms with Gasteiger partial charge in [-0.3, -0.25) is 9.89 Å². The lowest BCUT2D eigenvalue weighted by Gasteiger charge is -2.04. The topological polar surface area (TPSA) is 72.2 Å². The molecule has 0 saturated carbocycles. The maximum absolute atomic E-state index is 11.0. The van der Waals surface area contributed by atoms with Gasteiger partial charge in [-0.25, -0.2) is 4.99 Å². The lowest BCUT2D eigenvalue weighted by atomic mass is 10.3. The van der Waals surface area contributed by atoms with E-state index >= 15 is 0 Å². The van der Waals surface area contributed by atoms with Crippen LogP contribution in [0.3, 0.4) is 0 Å². The largest absolute Gasteiger partial charge is 0.284 e. The van der Waals surface area contributed by atoms with Crippen molar-refractivity contribution in [3.8, 4) is 0 Å². The zero-order chi connectivity index (χ0) is 7.84. The summed E-state index contributed by atoms with van der Waals surface area (Å²) in [5.41, 5.74) is 0.440. The number of nitrogens with one attached hydrogen (secondary N) is 1. The molecule has 1 amide bonds. The van der Waals surface area contributed by atoms with E-state index in [1.807, 2.05) is 0 Å². The van der Waals surface area contributed by atoms with Gasteiger partial charge < -0.3 is 0 Å². The summed E-state index contributed by atoms with van der Waals surface area (Å²) in [6, 6.07) is 0. The molecular weight excluding hydrogens is 144 g/mol. The van der Waals surface area contributed by atoms with E-state index in [-0.39, 0.29) is 5.91 Å². The van der Waals surface area contributed by atoms with Gasteiger partial charge in [0.15, 0.2) is 5.82 Å². The highest BCUT2D eigenvalue weighted by Gasteiger charge is 2.19. The second kappa shape index (κ2) is 1.91. The van der Waals surface area contributed by atoms with E-state index in [0.29, 0.717) is 17.2 Å². The lowest BCUT2D eigenvalue weighted by molar-refractivity contribution is 0.0972. The molecule has 0 aliphatic carbocycles. The molecule has 11 heavy (non-hydrogen) atoms. The van der Waals surface area contributed by atoms with Crippen molar-refractivity contribution in [3.05, 3.63) is 11.8 Å². The summed E-state index contributed by atoms with van der Waals surface area (Å²) in [6.45, 7) is 1.67. The maximum atomic E-state index is 11.0. The van der Waals surface area contributed by atoms with Crippen LogP contribution < -0.4 is 5.32 Å². The van der Waals surface area contributed by atoms with E-state index in [4.69, 9.17) is 0 Å². The van der Waals surface area contributed by atoms with E-state index < -0.39 is 0 Å². The molecule has 1 aliphatic heterocycles. The van der Waals surface area contributed by atoms with Crippen LogP contribution in [0.15, 0.2) is 11.2 Å². The summed E-state index contributed by atoms with van der Waals surface area (Å²) in [5, 5.41) is 9.92. The second-order valence-corrected chi connectivity index (χ2v) is 2.21. The van der Waals surface area contributed by atoms with Gasteiger partial charge in [0.25, 0.3) is 5.91 Å². The minimum Gasteiger partial charge on any atom is -0.266 e. The van der Waals surface area contributed by atoms with Crippen molar-refractivity contribution in [1.82, 2.24) is 15.5 Å². The van der Waals surface area contributed by atoms with Crippen molar-refractivity contribution in [2.45, 2.75) is 6.92 Å². The molecule has 0 bridgehead atoms. The Balaban J connectivity index is 2.60. The number of aliphatic imine (C=N–C) groups is 1. The average molecular weight is 149 g/mol. The molecule has 1 aliphatic rings. The molecule has 0 fully saturated rings. The Bertz CT molecular complexity index is 338. The van der Waals surface area contributed by atoms with Crippen LogP contribution in [0.5, 0.6) is 0 Å². The number of aromatic nitrogens is 2. The van der Waals surface area contributed by atoms with Crippen molar-refractivity contribution in [2.24, 2.45) is 4.99 Å². The zero-order valence-corrected chi connectivity index (χ0v) is 5.83. The fourth-order valence-electron chi connectivity index (χ4n) is 0.915. The van der Waals surface area contributed by atoms with E-state index in [0.717, 1.165) is 0 Å². The summed E-state index contributed by atoms with van der Waals surface area (Å²) in [5.74, 6) is 0.690. The van der Waals surface area contributed by atoms with Crippen molar-refractivity contribution >= 4 is 17.6 Å². The third kappa shape index (κ3) is 0.813. The number of aromatic amines is 1. The standard InChI is InChI=1S/C6H5N4O/c1-3-8-5-4(2-7-10-5)6(11)9-3/h2H,1H3,(H,7,10). The van der Waals surface area contributed by atoms with Crippen LogP contribution in [0.2, 0.25) is 0 Å². The summed E-state index contributed by atoms with van der Waals surface area (Å²) in [4.78, 5) is 15.0. The van der Waals surface area contributed by atoms with E-state index in [9.17, 15) is 4.79 Å². The van der Waals surface area contributed by atoms with E-state index in [2.05, 4.69) is 20.5 Å². The molecule has 2 heterocycles. The minimum absolute atomic E-state index is 0.277. The fourth-order valence-corrected chi connectivity index (χ4v) is 0.915. The van der Waals surface area contributed by atoms with Gasteiger partial charge in [-0.2, -0.15) is 10.4 Å². The van der Waals surface area contributed by atoms with Crippen molar-refractivity contribution in [3.63, 3.8) is 0 Å². The SMILES string of the molecule is CC1=Nc2[nH]ncc2C(=O)[N]1. The number of carbonyl (C=O) groups is 1. The molecule has 2 rings (SSSR count). The third-order valence-electron chi connectivity index (χ3n) is 1.39. The first-order valence-electron chi connectivity index (χ1n) is 3.12. The smallest absolute Gasteiger partial charge is 0.266 e. The first-order valence-corrected chi connectivity index (χ1v) is 3.12. The molecule has 5 heteroatoms. The van der Waals surface area contributed by atoms with Gasteiger partial charge in [-0.05, 0) is 6.92 Å². The molecule has 1 radical (unpaired) electrons. The Kier molecular flexibility index (Phi) is 1.06. The molecule has 0 unspecified atom stereocenters. The van der Waals surface area contributed by atoms with Crippen LogP contribution in [0, 0.1) is 0 Å². The summed E-state index contributed by atoms with van der Waals surface area (Å²) < 4.78 is 0. The molecule has 1 aromatic heterocycles. The van der Waals surface area contributed by atoms with E-state index in [1.54, 1.807) is 6.92 Å². The van der Waals surface area contributed by atoms with Gasteiger partial charge in [0.1, 0.15) is 11.4 Å². The first kappa shape index (κ1) is 6.09. The number of amidine groups is 1. The van der Waals surface area contributed by atoms with Crippen molar-refractivity contribution in [1.29, 1.82) is 0 Å². The Hall–Kier alpha value is -1.65. The third-order valence-corrected chi connectivity index (χ3v) is 1.39. The second-order valence-electron chi connectivity index (χ2n) is 2.21. The molecule has 0 aromatic carbocycles. The van der Waals surface area contributed by atoms with Gasteiger partial charge in [0.05, 0.1) is 6.20 Å². The fraction of sp³-hybridized carbons (Fsp3) is 0.167. The zero-order valence-electron chi connectivity index (χ0n) is 5.83. The minimum atomic E-state index is -0.277. The maximum Gasteiger partial charge on any atom is 0.284 e. The monoisotopic (exact) mass is 149 g/mol. The first-order chi connectivity index (χ1) is 5.27. The molecule has 1 N–H and O–H groups in total. The molecule has 0 saturated heterocycles. The quantitative estimate of drug-likeness (QED) is 0.573. The summed E-state index contributed by atoms with van der Waals surface area (Å²) in [6.07, 6.45) is 1.43. The molecule has 1 aromatic rings. The summed E-state index contributed by atoms with van der Waals surface area (Å²) >= 11 is 0. The van der Waals surface area contributed by atoms with Crippen LogP contribution in [0.25, 0.3) is 0 Å². The number of H-pyrrole nitrogens is 1. The molecule has 5 nitrogen and oxygen atoms in total. The van der Waals surface area contributed by atoms with Crippen LogP contribution >= 0.6 is 0 Å². The number of amides is 1. The van der Waals surface area contributed by atoms with Crippen LogP contribution in [-0.2, 0) is 0 Å². The highest BCUT2D eigenvalue weighted by atomic mass is 16.1. The molecule has 0 spiro atoms. The number of hydrogen-bond acceptors (Lipinski definition) is 3. The number of rotatable bonds is 0. The molecular formula is C6H5N4O. The Morgan fingerprint density at radius 2 is 2.36 bits per heavy atom. The van der Waals surface area contributed by atoms with Crippen LogP contribution in [0.1, 0.15) is 17.3 Å². The van der Waals surface area contributed by atoms with Gasteiger partial charge in [0.2, 0.25) is 0 Å². The van der Waals surface area contributed by atoms with Gasteiger partial charge in [0, 0.05) is 0 Å². The number of carbonyl (C=O) groups excluding carboxylic acids is 1.